The third-order valence-corrected chi connectivity index (χ3v) is 5.88. The molecule has 0 aromatic carbocycles. The van der Waals surface area contributed by atoms with Crippen molar-refractivity contribution >= 4 is 11.8 Å². The molecule has 0 saturated heterocycles. The molecule has 1 aliphatic heterocycles. The first-order valence-corrected chi connectivity index (χ1v) is 10.8. The van der Waals surface area contributed by atoms with Crippen LogP contribution in [0.2, 0.25) is 0 Å². The van der Waals surface area contributed by atoms with Crippen LogP contribution < -0.4 is 10.6 Å². The second-order valence-corrected chi connectivity index (χ2v) is 8.01. The first-order chi connectivity index (χ1) is 14.2. The summed E-state index contributed by atoms with van der Waals surface area (Å²) in [5.41, 5.74) is 2.05. The lowest BCUT2D eigenvalue weighted by Crippen LogP contribution is -2.36. The minimum atomic E-state index is -0.241. The number of hydrogen-bond acceptors (Lipinski definition) is 4. The fourth-order valence-electron chi connectivity index (χ4n) is 4.33. The number of aromatic nitrogens is 3. The van der Waals surface area contributed by atoms with E-state index in [9.17, 15) is 9.59 Å². The fourth-order valence-corrected chi connectivity index (χ4v) is 4.33. The average Bonchev–Trinajstić information content (AvgIpc) is 2.96. The number of carbonyl (C=O) groups is 2. The summed E-state index contributed by atoms with van der Waals surface area (Å²) in [4.78, 5) is 34.5. The standard InChI is InChI=1S/C22H29N5O2/c28-21(24-15-17-11-5-7-13-23-17)19-18-12-6-8-14-27(18)20(26-19)22(29)25-16-9-3-1-2-4-10-16/h5,7,11,13,16H,1-4,6,8-10,12,14-15H2,(H,24,28)(H,25,29). The van der Waals surface area contributed by atoms with Gasteiger partial charge in [0, 0.05) is 18.8 Å². The Morgan fingerprint density at radius 2 is 1.86 bits per heavy atom. The minimum Gasteiger partial charge on any atom is -0.347 e. The van der Waals surface area contributed by atoms with Gasteiger partial charge in [0.1, 0.15) is 5.69 Å². The number of nitrogens with zero attached hydrogens (tertiary/aromatic N) is 3. The van der Waals surface area contributed by atoms with E-state index in [2.05, 4.69) is 20.6 Å². The van der Waals surface area contributed by atoms with Gasteiger partial charge in [0.2, 0.25) is 0 Å². The molecule has 0 atom stereocenters. The lowest BCUT2D eigenvalue weighted by Gasteiger charge is -2.19. The fraction of sp³-hybridized carbons (Fsp3) is 0.545. The van der Waals surface area contributed by atoms with E-state index in [1.807, 2.05) is 22.8 Å². The molecule has 2 aromatic heterocycles. The highest BCUT2D eigenvalue weighted by Crippen LogP contribution is 2.22. The van der Waals surface area contributed by atoms with Crippen molar-refractivity contribution in [2.45, 2.75) is 76.9 Å². The van der Waals surface area contributed by atoms with Crippen LogP contribution in [0.4, 0.5) is 0 Å². The lowest BCUT2D eigenvalue weighted by atomic mass is 10.1. The van der Waals surface area contributed by atoms with Gasteiger partial charge in [-0.15, -0.1) is 0 Å². The number of carbonyl (C=O) groups excluding carboxylic acids is 2. The normalized spacial score (nSPS) is 17.2. The summed E-state index contributed by atoms with van der Waals surface area (Å²) < 4.78 is 1.95. The van der Waals surface area contributed by atoms with Crippen molar-refractivity contribution in [1.82, 2.24) is 25.2 Å². The summed E-state index contributed by atoms with van der Waals surface area (Å²) in [5, 5.41) is 6.07. The summed E-state index contributed by atoms with van der Waals surface area (Å²) in [6.45, 7) is 1.08. The Kier molecular flexibility index (Phi) is 6.22. The van der Waals surface area contributed by atoms with Crippen molar-refractivity contribution in [3.63, 3.8) is 0 Å². The Hall–Kier alpha value is -2.70. The van der Waals surface area contributed by atoms with Crippen LogP contribution in [0.25, 0.3) is 0 Å². The van der Waals surface area contributed by atoms with E-state index in [1.54, 1.807) is 6.20 Å². The maximum atomic E-state index is 13.0. The molecule has 2 aliphatic rings. The number of hydrogen-bond donors (Lipinski definition) is 2. The molecule has 7 heteroatoms. The van der Waals surface area contributed by atoms with Crippen molar-refractivity contribution in [2.75, 3.05) is 0 Å². The zero-order valence-corrected chi connectivity index (χ0v) is 16.8. The van der Waals surface area contributed by atoms with E-state index in [4.69, 9.17) is 0 Å². The van der Waals surface area contributed by atoms with Crippen LogP contribution in [0.3, 0.4) is 0 Å². The monoisotopic (exact) mass is 395 g/mol. The highest BCUT2D eigenvalue weighted by atomic mass is 16.2. The number of nitrogens with one attached hydrogen (secondary N) is 2. The molecule has 154 valence electrons. The molecule has 7 nitrogen and oxygen atoms in total. The van der Waals surface area contributed by atoms with E-state index >= 15 is 0 Å². The van der Waals surface area contributed by atoms with Gasteiger partial charge < -0.3 is 15.2 Å². The highest BCUT2D eigenvalue weighted by Gasteiger charge is 2.28. The van der Waals surface area contributed by atoms with E-state index in [1.165, 1.54) is 12.8 Å². The summed E-state index contributed by atoms with van der Waals surface area (Å²) >= 11 is 0. The quantitative estimate of drug-likeness (QED) is 0.762. The summed E-state index contributed by atoms with van der Waals surface area (Å²) in [5.74, 6) is -0.00872. The molecule has 0 radical (unpaired) electrons. The third-order valence-electron chi connectivity index (χ3n) is 5.88. The predicted molar refractivity (Wildman–Crippen MR) is 110 cm³/mol. The van der Waals surface area contributed by atoms with Gasteiger partial charge >= 0.3 is 0 Å². The number of pyridine rings is 1. The average molecular weight is 396 g/mol. The van der Waals surface area contributed by atoms with Gasteiger partial charge in [0.25, 0.3) is 11.8 Å². The molecular weight excluding hydrogens is 366 g/mol. The molecule has 2 aromatic rings. The van der Waals surface area contributed by atoms with Crippen LogP contribution in [-0.4, -0.2) is 32.4 Å². The molecule has 0 unspecified atom stereocenters. The molecular formula is C22H29N5O2. The number of amides is 2. The van der Waals surface area contributed by atoms with Gasteiger partial charge in [-0.3, -0.25) is 14.6 Å². The lowest BCUT2D eigenvalue weighted by molar-refractivity contribution is 0.0917. The molecule has 29 heavy (non-hydrogen) atoms. The van der Waals surface area contributed by atoms with E-state index in [0.29, 0.717) is 18.1 Å². The number of fused-ring (bicyclic) bond motifs is 1. The Morgan fingerprint density at radius 3 is 2.62 bits per heavy atom. The SMILES string of the molecule is O=C(NCc1ccccn1)c1nc(C(=O)NC2CCCCCC2)n2c1CCCC2. The van der Waals surface area contributed by atoms with Gasteiger partial charge in [0.15, 0.2) is 5.82 Å². The maximum absolute atomic E-state index is 13.0. The van der Waals surface area contributed by atoms with E-state index in [0.717, 1.165) is 62.9 Å². The van der Waals surface area contributed by atoms with Crippen molar-refractivity contribution in [2.24, 2.45) is 0 Å². The number of rotatable bonds is 5. The Morgan fingerprint density at radius 1 is 1.03 bits per heavy atom. The van der Waals surface area contributed by atoms with E-state index in [-0.39, 0.29) is 17.9 Å². The van der Waals surface area contributed by atoms with Gasteiger partial charge in [-0.2, -0.15) is 0 Å². The molecule has 0 spiro atoms. The Labute approximate surface area is 171 Å². The highest BCUT2D eigenvalue weighted by molar-refractivity contribution is 5.97. The molecule has 4 rings (SSSR count). The molecule has 1 saturated carbocycles. The first-order valence-electron chi connectivity index (χ1n) is 10.8. The van der Waals surface area contributed by atoms with Crippen LogP contribution in [-0.2, 0) is 19.5 Å². The predicted octanol–water partition coefficient (Wildman–Crippen LogP) is 3.00. The second-order valence-electron chi connectivity index (χ2n) is 8.01. The van der Waals surface area contributed by atoms with Gasteiger partial charge in [-0.1, -0.05) is 31.7 Å². The zero-order valence-electron chi connectivity index (χ0n) is 16.8. The van der Waals surface area contributed by atoms with Crippen LogP contribution >= 0.6 is 0 Å². The summed E-state index contributed by atoms with van der Waals surface area (Å²) in [6, 6.07) is 5.82. The van der Waals surface area contributed by atoms with Crippen LogP contribution in [0.15, 0.2) is 24.4 Å². The molecule has 1 fully saturated rings. The molecule has 1 aliphatic carbocycles. The number of imidazole rings is 1. The molecule has 2 amide bonds. The molecule has 2 N–H and O–H groups in total. The smallest absolute Gasteiger partial charge is 0.287 e. The second kappa shape index (κ2) is 9.20. The van der Waals surface area contributed by atoms with Crippen LogP contribution in [0, 0.1) is 0 Å². The van der Waals surface area contributed by atoms with Crippen molar-refractivity contribution < 1.29 is 9.59 Å². The topological polar surface area (TPSA) is 88.9 Å². The van der Waals surface area contributed by atoms with Gasteiger partial charge in [-0.05, 0) is 44.2 Å². The van der Waals surface area contributed by atoms with Crippen LogP contribution in [0.5, 0.6) is 0 Å². The van der Waals surface area contributed by atoms with Crippen molar-refractivity contribution in [3.8, 4) is 0 Å². The largest absolute Gasteiger partial charge is 0.347 e. The Balaban J connectivity index is 1.50. The third kappa shape index (κ3) is 4.66. The zero-order chi connectivity index (χ0) is 20.1. The van der Waals surface area contributed by atoms with Gasteiger partial charge in [0.05, 0.1) is 17.9 Å². The summed E-state index contributed by atoms with van der Waals surface area (Å²) in [6.07, 6.45) is 11.3. The van der Waals surface area contributed by atoms with Gasteiger partial charge in [-0.25, -0.2) is 4.98 Å². The van der Waals surface area contributed by atoms with Crippen molar-refractivity contribution in [3.05, 3.63) is 47.3 Å². The minimum absolute atomic E-state index is 0.149. The maximum Gasteiger partial charge on any atom is 0.287 e. The van der Waals surface area contributed by atoms with E-state index < -0.39 is 0 Å². The molecule has 0 bridgehead atoms. The van der Waals surface area contributed by atoms with Crippen molar-refractivity contribution in [1.29, 1.82) is 0 Å². The van der Waals surface area contributed by atoms with Crippen LogP contribution in [0.1, 0.15) is 83.9 Å². The first kappa shape index (κ1) is 19.6. The molecule has 3 heterocycles. The summed E-state index contributed by atoms with van der Waals surface area (Å²) in [7, 11) is 0. The Bertz CT molecular complexity index is 854.